The molecule has 0 spiro atoms. The van der Waals surface area contributed by atoms with Gasteiger partial charge in [0.2, 0.25) is 5.91 Å². The van der Waals surface area contributed by atoms with Crippen LogP contribution in [0.1, 0.15) is 56.4 Å². The average molecular weight is 518 g/mol. The van der Waals surface area contributed by atoms with E-state index in [2.05, 4.69) is 63.5 Å². The molecular weight excluding hydrogens is 474 g/mol. The van der Waals surface area contributed by atoms with Gasteiger partial charge in [-0.25, -0.2) is 0 Å². The molecule has 2 aromatic carbocycles. The minimum atomic E-state index is 0.205. The van der Waals surface area contributed by atoms with E-state index < -0.39 is 0 Å². The first-order valence-corrected chi connectivity index (χ1v) is 14.5. The van der Waals surface area contributed by atoms with Crippen LogP contribution in [0.3, 0.4) is 0 Å². The van der Waals surface area contributed by atoms with Gasteiger partial charge in [-0.05, 0) is 87.4 Å². The van der Waals surface area contributed by atoms with Crippen molar-refractivity contribution in [3.63, 3.8) is 0 Å². The molecule has 0 aromatic heterocycles. The first-order chi connectivity index (χ1) is 18.5. The van der Waals surface area contributed by atoms with Crippen molar-refractivity contribution in [1.82, 2.24) is 9.80 Å². The highest BCUT2D eigenvalue weighted by Gasteiger charge is 2.34. The minimum absolute atomic E-state index is 0.205. The summed E-state index contributed by atoms with van der Waals surface area (Å²) < 4.78 is 5.87. The van der Waals surface area contributed by atoms with E-state index in [9.17, 15) is 4.79 Å². The number of nitrogens with one attached hydrogen (secondary N) is 1. The number of rotatable bonds is 5. The standard InChI is InChI=1S/C31H43N5O2/c1-33-15-17-35(18-16-33)25-10-6-22(7-11-25)23-8-12-27(30(19-23)38-3)32-24-9-13-28-29(20-24)36-14-4-5-26(36)21-31(37)34(28)2/h8-9,12-13,19-20,22,25-26,32H,4-7,10-11,14-18,21H2,1-3H3/t22?,25?,26-/m0/s1. The maximum atomic E-state index is 12.7. The monoisotopic (exact) mass is 517 g/mol. The van der Waals surface area contributed by atoms with Gasteiger partial charge in [-0.1, -0.05) is 6.07 Å². The van der Waals surface area contributed by atoms with Crippen molar-refractivity contribution in [2.75, 3.05) is 69.0 Å². The lowest BCUT2D eigenvalue weighted by molar-refractivity contribution is -0.118. The molecule has 1 saturated carbocycles. The Morgan fingerprint density at radius 3 is 2.39 bits per heavy atom. The highest BCUT2D eigenvalue weighted by Crippen LogP contribution is 2.42. The van der Waals surface area contributed by atoms with Crippen LogP contribution in [-0.4, -0.2) is 81.7 Å². The minimum Gasteiger partial charge on any atom is -0.495 e. The first-order valence-electron chi connectivity index (χ1n) is 14.5. The fourth-order valence-corrected chi connectivity index (χ4v) is 7.13. The Bertz CT molecular complexity index is 1150. The van der Waals surface area contributed by atoms with Gasteiger partial charge in [0.05, 0.1) is 24.2 Å². The number of nitrogens with zero attached hydrogens (tertiary/aromatic N) is 4. The molecule has 6 rings (SSSR count). The lowest BCUT2D eigenvalue weighted by Gasteiger charge is -2.41. The van der Waals surface area contributed by atoms with Crippen LogP contribution in [0.5, 0.6) is 5.75 Å². The van der Waals surface area contributed by atoms with E-state index in [1.54, 1.807) is 7.11 Å². The summed E-state index contributed by atoms with van der Waals surface area (Å²) in [6.07, 6.45) is 7.91. The summed E-state index contributed by atoms with van der Waals surface area (Å²) >= 11 is 0. The number of carbonyl (C=O) groups is 1. The smallest absolute Gasteiger partial charge is 0.228 e. The number of amides is 1. The molecule has 0 unspecified atom stereocenters. The molecule has 4 aliphatic rings. The summed E-state index contributed by atoms with van der Waals surface area (Å²) in [5.41, 5.74) is 5.55. The number of ether oxygens (including phenoxy) is 1. The SMILES string of the molecule is COc1cc(C2CCC(N3CCN(C)CC3)CC2)ccc1Nc1ccc2c(c1)N1CCC[C@H]1CC(=O)N2C. The second kappa shape index (κ2) is 10.8. The third kappa shape index (κ3) is 4.98. The van der Waals surface area contributed by atoms with Crippen molar-refractivity contribution >= 4 is 28.7 Å². The van der Waals surface area contributed by atoms with E-state index in [1.165, 1.54) is 57.4 Å². The van der Waals surface area contributed by atoms with Crippen molar-refractivity contribution in [2.45, 2.75) is 62.9 Å². The zero-order chi connectivity index (χ0) is 26.2. The van der Waals surface area contributed by atoms with Gasteiger partial charge in [-0.2, -0.15) is 0 Å². The van der Waals surface area contributed by atoms with Crippen LogP contribution < -0.4 is 19.9 Å². The first kappa shape index (κ1) is 25.5. The van der Waals surface area contributed by atoms with E-state index in [-0.39, 0.29) is 5.91 Å². The fraction of sp³-hybridized carbons (Fsp3) is 0.581. The van der Waals surface area contributed by atoms with E-state index in [1.807, 2.05) is 11.9 Å². The third-order valence-electron chi connectivity index (χ3n) is 9.53. The lowest BCUT2D eigenvalue weighted by atomic mass is 9.81. The van der Waals surface area contributed by atoms with Crippen molar-refractivity contribution in [1.29, 1.82) is 0 Å². The normalized spacial score (nSPS) is 26.6. The highest BCUT2D eigenvalue weighted by atomic mass is 16.5. The second-order valence-electron chi connectivity index (χ2n) is 11.8. The molecule has 1 N–H and O–H groups in total. The number of hydrogen-bond donors (Lipinski definition) is 1. The molecule has 7 heteroatoms. The average Bonchev–Trinajstić information content (AvgIpc) is 3.38. The summed E-state index contributed by atoms with van der Waals surface area (Å²) in [4.78, 5) is 22.1. The topological polar surface area (TPSA) is 51.3 Å². The van der Waals surface area contributed by atoms with E-state index >= 15 is 0 Å². The predicted molar refractivity (Wildman–Crippen MR) is 155 cm³/mol. The molecule has 38 heavy (non-hydrogen) atoms. The molecule has 3 aliphatic heterocycles. The Morgan fingerprint density at radius 1 is 0.842 bits per heavy atom. The van der Waals surface area contributed by atoms with Crippen LogP contribution in [-0.2, 0) is 4.79 Å². The molecule has 7 nitrogen and oxygen atoms in total. The van der Waals surface area contributed by atoms with Gasteiger partial charge in [0.15, 0.2) is 0 Å². The molecule has 1 aliphatic carbocycles. The van der Waals surface area contributed by atoms with E-state index in [0.29, 0.717) is 18.4 Å². The molecule has 2 aromatic rings. The number of carbonyl (C=O) groups excluding carboxylic acids is 1. The molecule has 1 amide bonds. The molecule has 3 fully saturated rings. The zero-order valence-corrected chi connectivity index (χ0v) is 23.3. The summed E-state index contributed by atoms with van der Waals surface area (Å²) in [6.45, 7) is 5.84. The van der Waals surface area contributed by atoms with Crippen LogP contribution in [0.15, 0.2) is 36.4 Å². The van der Waals surface area contributed by atoms with Crippen molar-refractivity contribution < 1.29 is 9.53 Å². The molecule has 2 saturated heterocycles. The summed E-state index contributed by atoms with van der Waals surface area (Å²) in [5, 5.41) is 3.62. The highest BCUT2D eigenvalue weighted by molar-refractivity contribution is 5.99. The summed E-state index contributed by atoms with van der Waals surface area (Å²) in [5.74, 6) is 1.70. The molecule has 0 bridgehead atoms. The van der Waals surface area contributed by atoms with Gasteiger partial charge < -0.3 is 24.8 Å². The Morgan fingerprint density at radius 2 is 1.63 bits per heavy atom. The third-order valence-corrected chi connectivity index (χ3v) is 9.53. The predicted octanol–water partition coefficient (Wildman–Crippen LogP) is 5.05. The van der Waals surface area contributed by atoms with Crippen LogP contribution in [0.4, 0.5) is 22.7 Å². The van der Waals surface area contributed by atoms with Crippen LogP contribution in [0.2, 0.25) is 0 Å². The van der Waals surface area contributed by atoms with Crippen LogP contribution in [0, 0.1) is 0 Å². The Hall–Kier alpha value is -2.77. The molecule has 0 radical (unpaired) electrons. The number of methoxy groups -OCH3 is 1. The van der Waals surface area contributed by atoms with Gasteiger partial charge in [0.25, 0.3) is 0 Å². The van der Waals surface area contributed by atoms with Gasteiger partial charge in [0, 0.05) is 64.0 Å². The maximum absolute atomic E-state index is 12.7. The van der Waals surface area contributed by atoms with Gasteiger partial charge in [0.1, 0.15) is 5.75 Å². The Kier molecular flexibility index (Phi) is 7.23. The number of fused-ring (bicyclic) bond motifs is 3. The van der Waals surface area contributed by atoms with Gasteiger partial charge in [-0.15, -0.1) is 0 Å². The number of likely N-dealkylation sites (N-methyl/N-ethyl adjacent to an activating group) is 1. The van der Waals surface area contributed by atoms with Gasteiger partial charge >= 0.3 is 0 Å². The molecule has 1 atom stereocenters. The quantitative estimate of drug-likeness (QED) is 0.599. The maximum Gasteiger partial charge on any atom is 0.228 e. The van der Waals surface area contributed by atoms with E-state index in [4.69, 9.17) is 4.74 Å². The van der Waals surface area contributed by atoms with Crippen molar-refractivity contribution in [3.8, 4) is 5.75 Å². The largest absolute Gasteiger partial charge is 0.495 e. The number of benzene rings is 2. The molecular formula is C31H43N5O2. The lowest BCUT2D eigenvalue weighted by Crippen LogP contribution is -2.49. The summed E-state index contributed by atoms with van der Waals surface area (Å²) in [7, 11) is 5.90. The molecule has 3 heterocycles. The van der Waals surface area contributed by atoms with E-state index in [0.717, 1.165) is 53.9 Å². The zero-order valence-electron chi connectivity index (χ0n) is 23.3. The van der Waals surface area contributed by atoms with Gasteiger partial charge in [-0.3, -0.25) is 9.69 Å². The molecule has 204 valence electrons. The number of piperazine rings is 1. The Balaban J connectivity index is 1.16. The number of anilines is 4. The summed E-state index contributed by atoms with van der Waals surface area (Å²) in [6, 6.07) is 14.1. The number of hydrogen-bond acceptors (Lipinski definition) is 6. The fourth-order valence-electron chi connectivity index (χ4n) is 7.13. The van der Waals surface area contributed by atoms with Crippen molar-refractivity contribution in [2.24, 2.45) is 0 Å². The van der Waals surface area contributed by atoms with Crippen LogP contribution >= 0.6 is 0 Å². The second-order valence-corrected chi connectivity index (χ2v) is 11.8. The van der Waals surface area contributed by atoms with Crippen LogP contribution in [0.25, 0.3) is 0 Å². The van der Waals surface area contributed by atoms with Crippen molar-refractivity contribution in [3.05, 3.63) is 42.0 Å². The Labute approximate surface area is 227 Å².